The van der Waals surface area contributed by atoms with Crippen molar-refractivity contribution in [3.8, 4) is 16.8 Å². The Morgan fingerprint density at radius 3 is 2.34 bits per heavy atom. The number of hydrogen-bond donors (Lipinski definition) is 1. The zero-order chi connectivity index (χ0) is 22.7. The van der Waals surface area contributed by atoms with Crippen LogP contribution < -0.4 is 5.56 Å². The molecule has 0 aliphatic rings. The Hall–Kier alpha value is -3.13. The molecule has 0 amide bonds. The Morgan fingerprint density at radius 1 is 1.00 bits per heavy atom. The average Bonchev–Trinajstić information content (AvgIpc) is 2.77. The molecule has 32 heavy (non-hydrogen) atoms. The van der Waals surface area contributed by atoms with Crippen molar-refractivity contribution in [2.75, 3.05) is 0 Å². The molecule has 1 heterocycles. The quantitative estimate of drug-likeness (QED) is 0.404. The fourth-order valence-electron chi connectivity index (χ4n) is 3.43. The zero-order valence-corrected chi connectivity index (χ0v) is 18.3. The molecule has 3 aromatic carbocycles. The van der Waals surface area contributed by atoms with Gasteiger partial charge in [-0.25, -0.2) is 8.60 Å². The lowest BCUT2D eigenvalue weighted by Gasteiger charge is -2.13. The van der Waals surface area contributed by atoms with Crippen molar-refractivity contribution in [2.45, 2.75) is 12.2 Å². The van der Waals surface area contributed by atoms with Gasteiger partial charge in [-0.15, -0.1) is 0 Å². The average molecular weight is 469 g/mol. The molecule has 1 atom stereocenters. The van der Waals surface area contributed by atoms with Crippen LogP contribution in [0.3, 0.4) is 0 Å². The van der Waals surface area contributed by atoms with Crippen LogP contribution >= 0.6 is 11.6 Å². The summed E-state index contributed by atoms with van der Waals surface area (Å²) in [5.41, 5.74) is 3.58. The smallest absolute Gasteiger partial charge is 0.275 e. The molecule has 0 spiro atoms. The van der Waals surface area contributed by atoms with Gasteiger partial charge >= 0.3 is 0 Å². The molecule has 0 fully saturated rings. The number of hydrogen-bond acceptors (Lipinski definition) is 3. The van der Waals surface area contributed by atoms with E-state index in [1.54, 1.807) is 66.9 Å². The third-order valence-electron chi connectivity index (χ3n) is 4.98. The SMILES string of the molecule is O=c1c(Cc2ccc(F)cc2)c(-c2ccc(CS(=O)O)cc2)cnn1-c1cccc(Cl)c1. The van der Waals surface area contributed by atoms with E-state index in [4.69, 9.17) is 16.2 Å². The van der Waals surface area contributed by atoms with Gasteiger partial charge in [0.1, 0.15) is 5.82 Å². The van der Waals surface area contributed by atoms with Gasteiger partial charge in [0.25, 0.3) is 5.56 Å². The first-order valence-electron chi connectivity index (χ1n) is 9.69. The third-order valence-corrected chi connectivity index (χ3v) is 5.80. The summed E-state index contributed by atoms with van der Waals surface area (Å²) in [6.07, 6.45) is 1.89. The van der Waals surface area contributed by atoms with E-state index < -0.39 is 11.1 Å². The zero-order valence-electron chi connectivity index (χ0n) is 16.7. The van der Waals surface area contributed by atoms with Crippen LogP contribution in [0.25, 0.3) is 16.8 Å². The Bertz CT molecular complexity index is 1340. The third kappa shape index (κ3) is 5.02. The molecule has 1 unspecified atom stereocenters. The fourth-order valence-corrected chi connectivity index (χ4v) is 4.09. The highest BCUT2D eigenvalue weighted by Gasteiger charge is 2.15. The van der Waals surface area contributed by atoms with Gasteiger partial charge in [0, 0.05) is 22.6 Å². The van der Waals surface area contributed by atoms with Gasteiger partial charge in [0.2, 0.25) is 0 Å². The first-order valence-corrected chi connectivity index (χ1v) is 11.3. The molecule has 4 aromatic rings. The lowest BCUT2D eigenvalue weighted by atomic mass is 9.97. The maximum Gasteiger partial charge on any atom is 0.275 e. The predicted octanol–water partition coefficient (Wildman–Crippen LogP) is 5.00. The van der Waals surface area contributed by atoms with E-state index in [1.165, 1.54) is 16.8 Å². The van der Waals surface area contributed by atoms with Crippen molar-refractivity contribution < 1.29 is 13.2 Å². The van der Waals surface area contributed by atoms with E-state index in [1.807, 2.05) is 0 Å². The second-order valence-corrected chi connectivity index (χ2v) is 8.57. The Morgan fingerprint density at radius 2 is 1.69 bits per heavy atom. The van der Waals surface area contributed by atoms with E-state index in [2.05, 4.69) is 5.10 Å². The summed E-state index contributed by atoms with van der Waals surface area (Å²) < 4.78 is 34.8. The van der Waals surface area contributed by atoms with Crippen molar-refractivity contribution in [3.05, 3.63) is 117 Å². The summed E-state index contributed by atoms with van der Waals surface area (Å²) in [5, 5.41) is 4.83. The largest absolute Gasteiger partial charge is 0.306 e. The summed E-state index contributed by atoms with van der Waals surface area (Å²) in [6.45, 7) is 0. The molecule has 1 aromatic heterocycles. The van der Waals surface area contributed by atoms with Crippen LogP contribution in [0.2, 0.25) is 5.02 Å². The maximum absolute atomic E-state index is 13.5. The van der Waals surface area contributed by atoms with Gasteiger partial charge in [-0.1, -0.05) is 54.1 Å². The van der Waals surface area contributed by atoms with Gasteiger partial charge in [-0.05, 0) is 47.0 Å². The van der Waals surface area contributed by atoms with Crippen molar-refractivity contribution in [1.29, 1.82) is 0 Å². The van der Waals surface area contributed by atoms with Crippen molar-refractivity contribution in [1.82, 2.24) is 9.78 Å². The van der Waals surface area contributed by atoms with Crippen LogP contribution in [0.5, 0.6) is 0 Å². The molecule has 0 aliphatic carbocycles. The lowest BCUT2D eigenvalue weighted by Crippen LogP contribution is -2.25. The maximum atomic E-state index is 13.5. The van der Waals surface area contributed by atoms with Gasteiger partial charge in [0.05, 0.1) is 17.6 Å². The van der Waals surface area contributed by atoms with E-state index in [0.717, 1.165) is 11.1 Å². The molecule has 0 saturated heterocycles. The van der Waals surface area contributed by atoms with Crippen LogP contribution in [-0.4, -0.2) is 18.5 Å². The van der Waals surface area contributed by atoms with E-state index in [0.29, 0.717) is 27.4 Å². The summed E-state index contributed by atoms with van der Waals surface area (Å²) in [7, 11) is 0. The summed E-state index contributed by atoms with van der Waals surface area (Å²) in [6, 6.07) is 19.9. The highest BCUT2D eigenvalue weighted by Crippen LogP contribution is 2.25. The van der Waals surface area contributed by atoms with E-state index >= 15 is 0 Å². The summed E-state index contributed by atoms with van der Waals surface area (Å²) >= 11 is 4.15. The van der Waals surface area contributed by atoms with Crippen LogP contribution in [0.4, 0.5) is 4.39 Å². The minimum atomic E-state index is -1.94. The van der Waals surface area contributed by atoms with Crippen molar-refractivity contribution in [3.63, 3.8) is 0 Å². The molecule has 0 aliphatic heterocycles. The molecule has 1 N–H and O–H groups in total. The van der Waals surface area contributed by atoms with E-state index in [-0.39, 0.29) is 23.6 Å². The van der Waals surface area contributed by atoms with Gasteiger partial charge in [-0.3, -0.25) is 4.79 Å². The first-order chi connectivity index (χ1) is 15.4. The number of benzene rings is 3. The van der Waals surface area contributed by atoms with Crippen molar-refractivity contribution >= 4 is 22.7 Å². The topological polar surface area (TPSA) is 72.2 Å². The molecule has 8 heteroatoms. The number of nitrogens with zero attached hydrogens (tertiary/aromatic N) is 2. The molecular weight excluding hydrogens is 451 g/mol. The van der Waals surface area contributed by atoms with Crippen molar-refractivity contribution in [2.24, 2.45) is 0 Å². The minimum Gasteiger partial charge on any atom is -0.306 e. The molecule has 5 nitrogen and oxygen atoms in total. The Labute approximate surface area is 191 Å². The fraction of sp³-hybridized carbons (Fsp3) is 0.0833. The highest BCUT2D eigenvalue weighted by atomic mass is 35.5. The molecule has 0 radical (unpaired) electrons. The normalized spacial score (nSPS) is 12.0. The monoisotopic (exact) mass is 468 g/mol. The lowest BCUT2D eigenvalue weighted by molar-refractivity contribution is 0.563. The Balaban J connectivity index is 1.83. The van der Waals surface area contributed by atoms with Crippen LogP contribution in [0.15, 0.2) is 83.8 Å². The van der Waals surface area contributed by atoms with Crippen LogP contribution in [-0.2, 0) is 23.3 Å². The first kappa shape index (κ1) is 22.1. The second-order valence-electron chi connectivity index (χ2n) is 7.20. The molecular formula is C24H18ClFN2O3S. The minimum absolute atomic E-state index is 0.0251. The Kier molecular flexibility index (Phi) is 6.60. The molecule has 4 rings (SSSR count). The highest BCUT2D eigenvalue weighted by molar-refractivity contribution is 7.78. The van der Waals surface area contributed by atoms with Gasteiger partial charge < -0.3 is 4.55 Å². The summed E-state index contributed by atoms with van der Waals surface area (Å²) in [5.74, 6) is -0.325. The standard InChI is InChI=1S/C24H18ClFN2O3S/c25-19-2-1-3-21(13-19)28-24(29)22(12-16-6-10-20(26)11-7-16)23(14-27-28)18-8-4-17(5-9-18)15-32(30)31/h1-11,13-14H,12,15H2,(H,30,31). The summed E-state index contributed by atoms with van der Waals surface area (Å²) in [4.78, 5) is 13.5. The molecule has 0 bridgehead atoms. The number of rotatable bonds is 6. The second kappa shape index (κ2) is 9.56. The van der Waals surface area contributed by atoms with E-state index in [9.17, 15) is 13.4 Å². The molecule has 162 valence electrons. The number of aromatic nitrogens is 2. The van der Waals surface area contributed by atoms with Gasteiger partial charge in [-0.2, -0.15) is 9.78 Å². The molecule has 0 saturated carbocycles. The van der Waals surface area contributed by atoms with Crippen LogP contribution in [0, 0.1) is 5.82 Å². The van der Waals surface area contributed by atoms with Gasteiger partial charge in [0.15, 0.2) is 11.1 Å². The van der Waals surface area contributed by atoms with Crippen LogP contribution in [0.1, 0.15) is 16.7 Å². The predicted molar refractivity (Wildman–Crippen MR) is 124 cm³/mol. The number of halogens is 2.